The fourth-order valence-electron chi connectivity index (χ4n) is 2.32. The van der Waals surface area contributed by atoms with Crippen LogP contribution < -0.4 is 5.32 Å². The van der Waals surface area contributed by atoms with Crippen molar-refractivity contribution in [2.24, 2.45) is 0 Å². The lowest BCUT2D eigenvalue weighted by atomic mass is 10.0. The number of carbonyl (C=O) groups is 1. The third kappa shape index (κ3) is 3.83. The van der Waals surface area contributed by atoms with E-state index in [4.69, 9.17) is 9.84 Å². The minimum Gasteiger partial charge on any atom is -0.384 e. The van der Waals surface area contributed by atoms with E-state index in [2.05, 4.69) is 17.2 Å². The number of hydrogen-bond donors (Lipinski definition) is 2. The van der Waals surface area contributed by atoms with Crippen molar-refractivity contribution in [3.63, 3.8) is 0 Å². The number of aliphatic hydroxyl groups is 1. The van der Waals surface area contributed by atoms with E-state index in [1.54, 1.807) is 12.1 Å². The number of hydrogen-bond acceptors (Lipinski definition) is 3. The molecule has 2 unspecified atom stereocenters. The molecule has 1 aliphatic heterocycles. The van der Waals surface area contributed by atoms with Crippen LogP contribution in [0.5, 0.6) is 0 Å². The molecule has 1 fully saturated rings. The van der Waals surface area contributed by atoms with Crippen molar-refractivity contribution in [1.82, 2.24) is 5.32 Å². The molecule has 2 N–H and O–H groups in total. The SMILES string of the molecule is CC1CC(NC(=O)c2ccccc2C#CCO)CCO1. The van der Waals surface area contributed by atoms with Gasteiger partial charge < -0.3 is 15.2 Å². The molecule has 1 aliphatic rings. The van der Waals surface area contributed by atoms with Crippen LogP contribution in [0.2, 0.25) is 0 Å². The maximum Gasteiger partial charge on any atom is 0.252 e. The lowest BCUT2D eigenvalue weighted by Crippen LogP contribution is -2.41. The van der Waals surface area contributed by atoms with Crippen LogP contribution in [0.25, 0.3) is 0 Å². The molecule has 0 saturated carbocycles. The maximum absolute atomic E-state index is 12.3. The first-order valence-corrected chi connectivity index (χ1v) is 6.82. The van der Waals surface area contributed by atoms with Gasteiger partial charge in [0, 0.05) is 18.2 Å². The van der Waals surface area contributed by atoms with E-state index in [9.17, 15) is 4.79 Å². The van der Waals surface area contributed by atoms with E-state index in [0.29, 0.717) is 17.7 Å². The second-order valence-corrected chi connectivity index (χ2v) is 4.88. The van der Waals surface area contributed by atoms with E-state index in [1.807, 2.05) is 19.1 Å². The number of ether oxygens (including phenoxy) is 1. The molecule has 0 aliphatic carbocycles. The Morgan fingerprint density at radius 2 is 2.30 bits per heavy atom. The highest BCUT2D eigenvalue weighted by molar-refractivity contribution is 5.96. The molecule has 4 nitrogen and oxygen atoms in total. The molecule has 0 bridgehead atoms. The lowest BCUT2D eigenvalue weighted by molar-refractivity contribution is 0.0136. The van der Waals surface area contributed by atoms with Gasteiger partial charge >= 0.3 is 0 Å². The summed E-state index contributed by atoms with van der Waals surface area (Å²) in [5.41, 5.74) is 1.19. The summed E-state index contributed by atoms with van der Waals surface area (Å²) in [5, 5.41) is 11.8. The van der Waals surface area contributed by atoms with E-state index < -0.39 is 0 Å². The smallest absolute Gasteiger partial charge is 0.252 e. The van der Waals surface area contributed by atoms with Crippen LogP contribution in [0.15, 0.2) is 24.3 Å². The highest BCUT2D eigenvalue weighted by atomic mass is 16.5. The summed E-state index contributed by atoms with van der Waals surface area (Å²) in [6.07, 6.45) is 1.84. The quantitative estimate of drug-likeness (QED) is 0.799. The Balaban J connectivity index is 2.09. The minimum absolute atomic E-state index is 0.119. The van der Waals surface area contributed by atoms with Gasteiger partial charge in [0.1, 0.15) is 6.61 Å². The second-order valence-electron chi connectivity index (χ2n) is 4.88. The van der Waals surface area contributed by atoms with Crippen molar-refractivity contribution in [3.05, 3.63) is 35.4 Å². The molecule has 0 spiro atoms. The van der Waals surface area contributed by atoms with Crippen molar-refractivity contribution in [3.8, 4) is 11.8 Å². The van der Waals surface area contributed by atoms with Crippen molar-refractivity contribution < 1.29 is 14.6 Å². The monoisotopic (exact) mass is 273 g/mol. The molecule has 0 radical (unpaired) electrons. The van der Waals surface area contributed by atoms with E-state index >= 15 is 0 Å². The first-order valence-electron chi connectivity index (χ1n) is 6.82. The van der Waals surface area contributed by atoms with Gasteiger partial charge in [-0.15, -0.1) is 0 Å². The summed E-state index contributed by atoms with van der Waals surface area (Å²) < 4.78 is 5.47. The number of rotatable bonds is 2. The van der Waals surface area contributed by atoms with Crippen LogP contribution in [-0.2, 0) is 4.74 Å². The summed E-state index contributed by atoms with van der Waals surface area (Å²) in [6, 6.07) is 7.31. The lowest BCUT2D eigenvalue weighted by Gasteiger charge is -2.28. The summed E-state index contributed by atoms with van der Waals surface area (Å²) in [6.45, 7) is 2.48. The Bertz CT molecular complexity index is 530. The fraction of sp³-hybridized carbons (Fsp3) is 0.438. The molecule has 1 amide bonds. The molecule has 4 heteroatoms. The molecule has 1 aromatic rings. The third-order valence-electron chi connectivity index (χ3n) is 3.29. The van der Waals surface area contributed by atoms with Crippen molar-refractivity contribution >= 4 is 5.91 Å². The average molecular weight is 273 g/mol. The fourth-order valence-corrected chi connectivity index (χ4v) is 2.32. The number of benzene rings is 1. The van der Waals surface area contributed by atoms with Gasteiger partial charge in [-0.1, -0.05) is 24.0 Å². The Labute approximate surface area is 119 Å². The predicted octanol–water partition coefficient (Wildman–Crippen LogP) is 1.33. The molecule has 1 aromatic carbocycles. The number of carbonyl (C=O) groups excluding carboxylic acids is 1. The van der Waals surface area contributed by atoms with Gasteiger partial charge in [-0.05, 0) is 31.9 Å². The molecule has 106 valence electrons. The van der Waals surface area contributed by atoms with Crippen molar-refractivity contribution in [1.29, 1.82) is 0 Å². The van der Waals surface area contributed by atoms with Crippen LogP contribution in [-0.4, -0.2) is 36.4 Å². The van der Waals surface area contributed by atoms with Crippen molar-refractivity contribution in [2.75, 3.05) is 13.2 Å². The third-order valence-corrected chi connectivity index (χ3v) is 3.29. The van der Waals surface area contributed by atoms with Gasteiger partial charge in [0.05, 0.1) is 11.7 Å². The molecule has 2 atom stereocenters. The first-order chi connectivity index (χ1) is 9.70. The van der Waals surface area contributed by atoms with Crippen LogP contribution in [0.4, 0.5) is 0 Å². The van der Waals surface area contributed by atoms with Crippen LogP contribution >= 0.6 is 0 Å². The minimum atomic E-state index is -0.215. The van der Waals surface area contributed by atoms with Gasteiger partial charge in [-0.2, -0.15) is 0 Å². The van der Waals surface area contributed by atoms with E-state index in [1.165, 1.54) is 0 Å². The predicted molar refractivity (Wildman–Crippen MR) is 76.3 cm³/mol. The Morgan fingerprint density at radius 1 is 1.50 bits per heavy atom. The molecule has 0 aromatic heterocycles. The summed E-state index contributed by atoms with van der Waals surface area (Å²) >= 11 is 0. The van der Waals surface area contributed by atoms with Crippen LogP contribution in [0, 0.1) is 11.8 Å². The normalized spacial score (nSPS) is 21.7. The summed E-state index contributed by atoms with van der Waals surface area (Å²) in [5.74, 6) is 5.26. The highest BCUT2D eigenvalue weighted by Crippen LogP contribution is 2.15. The van der Waals surface area contributed by atoms with Gasteiger partial charge in [0.25, 0.3) is 5.91 Å². The number of nitrogens with one attached hydrogen (secondary N) is 1. The standard InChI is InChI=1S/C16H19NO3/c1-12-11-14(8-10-20-12)17-16(19)15-7-3-2-5-13(15)6-4-9-18/h2-3,5,7,12,14,18H,8-11H2,1H3,(H,17,19). The molecule has 1 saturated heterocycles. The zero-order chi connectivity index (χ0) is 14.4. The van der Waals surface area contributed by atoms with Crippen LogP contribution in [0.1, 0.15) is 35.7 Å². The van der Waals surface area contributed by atoms with Gasteiger partial charge in [0.2, 0.25) is 0 Å². The van der Waals surface area contributed by atoms with Gasteiger partial charge in [-0.25, -0.2) is 0 Å². The molecule has 20 heavy (non-hydrogen) atoms. The molecule has 1 heterocycles. The summed E-state index contributed by atoms with van der Waals surface area (Å²) in [4.78, 5) is 12.3. The maximum atomic E-state index is 12.3. The van der Waals surface area contributed by atoms with Gasteiger partial charge in [-0.3, -0.25) is 4.79 Å². The molecular formula is C16H19NO3. The number of aliphatic hydroxyl groups excluding tert-OH is 1. The zero-order valence-electron chi connectivity index (χ0n) is 11.6. The largest absolute Gasteiger partial charge is 0.384 e. The topological polar surface area (TPSA) is 58.6 Å². The van der Waals surface area contributed by atoms with Gasteiger partial charge in [0.15, 0.2) is 0 Å². The Hall–Kier alpha value is -1.83. The molecular weight excluding hydrogens is 254 g/mol. The summed E-state index contributed by atoms with van der Waals surface area (Å²) in [7, 11) is 0. The Kier molecular flexibility index (Phi) is 5.16. The van der Waals surface area contributed by atoms with Crippen molar-refractivity contribution in [2.45, 2.75) is 31.9 Å². The first kappa shape index (κ1) is 14.6. The zero-order valence-corrected chi connectivity index (χ0v) is 11.6. The average Bonchev–Trinajstić information content (AvgIpc) is 2.45. The highest BCUT2D eigenvalue weighted by Gasteiger charge is 2.22. The Morgan fingerprint density at radius 3 is 3.05 bits per heavy atom. The molecule has 2 rings (SSSR count). The van der Waals surface area contributed by atoms with E-state index in [-0.39, 0.29) is 24.7 Å². The van der Waals surface area contributed by atoms with E-state index in [0.717, 1.165) is 12.8 Å². The number of amides is 1. The second kappa shape index (κ2) is 7.09. The van der Waals surface area contributed by atoms with Crippen LogP contribution in [0.3, 0.4) is 0 Å².